The van der Waals surface area contributed by atoms with Crippen LogP contribution in [0.3, 0.4) is 0 Å². The van der Waals surface area contributed by atoms with Crippen LogP contribution in [0.25, 0.3) is 0 Å². The highest BCUT2D eigenvalue weighted by Gasteiger charge is 2.81. The highest BCUT2D eigenvalue weighted by molar-refractivity contribution is 5.78. The zero-order valence-corrected chi connectivity index (χ0v) is 15.3. The van der Waals surface area contributed by atoms with Crippen molar-refractivity contribution in [3.05, 3.63) is 0 Å². The molecular formula is C20H30O5. The molecule has 0 aromatic heterocycles. The molecule has 0 unspecified atom stereocenters. The maximum Gasteiger partial charge on any atom is 0.312 e. The average molecular weight is 350 g/mol. The van der Waals surface area contributed by atoms with Crippen LogP contribution in [-0.4, -0.2) is 45.2 Å². The van der Waals surface area contributed by atoms with Crippen LogP contribution in [0.1, 0.15) is 65.2 Å². The van der Waals surface area contributed by atoms with Crippen LogP contribution in [0.4, 0.5) is 0 Å². The van der Waals surface area contributed by atoms with Gasteiger partial charge in [0.05, 0.1) is 34.7 Å². The maximum absolute atomic E-state index is 12.6. The van der Waals surface area contributed by atoms with E-state index in [4.69, 9.17) is 4.74 Å². The Bertz CT molecular complexity index is 646. The van der Waals surface area contributed by atoms with Crippen LogP contribution < -0.4 is 0 Å². The number of carbonyl (C=O) groups is 1. The second-order valence-corrected chi connectivity index (χ2v) is 10.2. The van der Waals surface area contributed by atoms with Crippen molar-refractivity contribution in [3.8, 4) is 0 Å². The highest BCUT2D eigenvalue weighted by atomic mass is 16.5. The fraction of sp³-hybridized carbons (Fsp3) is 0.950. The second kappa shape index (κ2) is 4.42. The molecule has 8 atom stereocenters. The molecule has 1 spiro atoms. The van der Waals surface area contributed by atoms with Crippen LogP contribution in [0.15, 0.2) is 0 Å². The van der Waals surface area contributed by atoms with Gasteiger partial charge in [0.2, 0.25) is 0 Å². The molecule has 5 nitrogen and oxygen atoms in total. The van der Waals surface area contributed by atoms with E-state index in [0.717, 1.165) is 25.7 Å². The average Bonchev–Trinajstić information content (AvgIpc) is 2.77. The maximum atomic E-state index is 12.6. The molecule has 4 aliphatic carbocycles. The highest BCUT2D eigenvalue weighted by Crippen LogP contribution is 2.76. The first-order chi connectivity index (χ1) is 11.6. The summed E-state index contributed by atoms with van der Waals surface area (Å²) in [5, 5.41) is 34.9. The van der Waals surface area contributed by atoms with E-state index in [1.807, 2.05) is 6.92 Å². The molecule has 5 rings (SSSR count). The number of esters is 1. The number of aliphatic hydroxyl groups is 3. The van der Waals surface area contributed by atoms with Crippen molar-refractivity contribution in [2.75, 3.05) is 6.61 Å². The summed E-state index contributed by atoms with van der Waals surface area (Å²) in [6.07, 6.45) is 4.95. The van der Waals surface area contributed by atoms with Gasteiger partial charge in [-0.05, 0) is 70.6 Å². The number of ether oxygens (including phenoxy) is 1. The van der Waals surface area contributed by atoms with E-state index < -0.39 is 33.6 Å². The monoisotopic (exact) mass is 350 g/mol. The van der Waals surface area contributed by atoms with Gasteiger partial charge in [0.1, 0.15) is 0 Å². The lowest BCUT2D eigenvalue weighted by Gasteiger charge is -2.72. The van der Waals surface area contributed by atoms with Gasteiger partial charge in [0.15, 0.2) is 0 Å². The molecule has 5 fully saturated rings. The van der Waals surface area contributed by atoms with Gasteiger partial charge in [0.25, 0.3) is 0 Å². The Morgan fingerprint density at radius 2 is 1.88 bits per heavy atom. The van der Waals surface area contributed by atoms with Crippen molar-refractivity contribution in [2.45, 2.75) is 82.5 Å². The molecular weight excluding hydrogens is 320 g/mol. The second-order valence-electron chi connectivity index (χ2n) is 10.2. The lowest BCUT2D eigenvalue weighted by Crippen LogP contribution is -2.79. The molecule has 0 radical (unpaired) electrons. The van der Waals surface area contributed by atoms with Crippen molar-refractivity contribution in [3.63, 3.8) is 0 Å². The van der Waals surface area contributed by atoms with E-state index in [1.165, 1.54) is 0 Å². The van der Waals surface area contributed by atoms with Crippen LogP contribution in [0, 0.1) is 28.1 Å². The molecule has 0 amide bonds. The Morgan fingerprint density at radius 3 is 2.64 bits per heavy atom. The fourth-order valence-electron chi connectivity index (χ4n) is 8.44. The van der Waals surface area contributed by atoms with E-state index in [1.54, 1.807) is 6.92 Å². The molecule has 4 bridgehead atoms. The van der Waals surface area contributed by atoms with E-state index >= 15 is 0 Å². The number of rotatable bonds is 0. The summed E-state index contributed by atoms with van der Waals surface area (Å²) in [7, 11) is 0. The lowest BCUT2D eigenvalue weighted by molar-refractivity contribution is -0.347. The molecule has 5 aliphatic rings. The smallest absolute Gasteiger partial charge is 0.312 e. The van der Waals surface area contributed by atoms with Crippen molar-refractivity contribution >= 4 is 5.97 Å². The lowest BCUT2D eigenvalue weighted by atomic mass is 9.35. The molecule has 0 aromatic carbocycles. The summed E-state index contributed by atoms with van der Waals surface area (Å²) in [4.78, 5) is 12.6. The van der Waals surface area contributed by atoms with Gasteiger partial charge < -0.3 is 20.1 Å². The van der Waals surface area contributed by atoms with Crippen LogP contribution >= 0.6 is 0 Å². The van der Waals surface area contributed by atoms with E-state index in [2.05, 4.69) is 0 Å². The first-order valence-electron chi connectivity index (χ1n) is 9.93. The number of fused-ring (bicyclic) bond motifs is 1. The normalized spacial score (nSPS) is 62.8. The molecule has 25 heavy (non-hydrogen) atoms. The molecule has 3 N–H and O–H groups in total. The third kappa shape index (κ3) is 1.50. The van der Waals surface area contributed by atoms with Gasteiger partial charge in [-0.1, -0.05) is 6.42 Å². The zero-order chi connectivity index (χ0) is 17.9. The Hall–Kier alpha value is -0.650. The van der Waals surface area contributed by atoms with Crippen LogP contribution in [-0.2, 0) is 9.53 Å². The molecule has 1 heterocycles. The number of cyclic esters (lactones) is 1. The summed E-state index contributed by atoms with van der Waals surface area (Å²) in [6.45, 7) is 4.00. The van der Waals surface area contributed by atoms with Crippen molar-refractivity contribution in [1.29, 1.82) is 0 Å². The minimum absolute atomic E-state index is 0.0754. The molecule has 1 saturated heterocycles. The van der Waals surface area contributed by atoms with Gasteiger partial charge in [-0.15, -0.1) is 0 Å². The molecule has 4 saturated carbocycles. The SMILES string of the molecule is C[C@]12CCC[C@]3(COC1=O)[C@@H]2C[C@H](O)[C@@]12C[C@@H](CC[C@@]31O)C[C@@]2(C)O. The Morgan fingerprint density at radius 1 is 1.12 bits per heavy atom. The summed E-state index contributed by atoms with van der Waals surface area (Å²) in [6, 6.07) is 0. The van der Waals surface area contributed by atoms with Gasteiger partial charge in [0, 0.05) is 5.41 Å². The first-order valence-corrected chi connectivity index (χ1v) is 9.93. The standard InChI is InChI=1S/C20H30O5/c1-16-5-3-6-18(11-25-15(16)22)13(16)8-14(21)19-10-12(9-17(19,2)23)4-7-20(18,19)24/h12-14,21,23-24H,3-11H2,1-2H3/t12-,13+,14-,16+,17+,18-,19+,20+/m0/s1. The van der Waals surface area contributed by atoms with E-state index in [9.17, 15) is 20.1 Å². The van der Waals surface area contributed by atoms with Gasteiger partial charge in [-0.2, -0.15) is 0 Å². The van der Waals surface area contributed by atoms with Gasteiger partial charge >= 0.3 is 5.97 Å². The zero-order valence-electron chi connectivity index (χ0n) is 15.3. The number of carbonyl (C=O) groups excluding carboxylic acids is 1. The third-order valence-electron chi connectivity index (χ3n) is 9.44. The summed E-state index contributed by atoms with van der Waals surface area (Å²) < 4.78 is 5.67. The summed E-state index contributed by atoms with van der Waals surface area (Å²) >= 11 is 0. The fourth-order valence-corrected chi connectivity index (χ4v) is 8.44. The molecule has 140 valence electrons. The minimum Gasteiger partial charge on any atom is -0.465 e. The third-order valence-corrected chi connectivity index (χ3v) is 9.44. The van der Waals surface area contributed by atoms with Crippen molar-refractivity contribution in [2.24, 2.45) is 28.1 Å². The quantitative estimate of drug-likeness (QED) is 0.580. The molecule has 1 aliphatic heterocycles. The van der Waals surface area contributed by atoms with Crippen LogP contribution in [0.2, 0.25) is 0 Å². The van der Waals surface area contributed by atoms with Crippen molar-refractivity contribution < 1.29 is 24.9 Å². The largest absolute Gasteiger partial charge is 0.465 e. The van der Waals surface area contributed by atoms with Crippen LogP contribution in [0.5, 0.6) is 0 Å². The first kappa shape index (κ1) is 16.5. The van der Waals surface area contributed by atoms with Crippen molar-refractivity contribution in [1.82, 2.24) is 0 Å². The number of hydrogen-bond acceptors (Lipinski definition) is 5. The van der Waals surface area contributed by atoms with E-state index in [0.29, 0.717) is 31.6 Å². The Balaban J connectivity index is 1.74. The summed E-state index contributed by atoms with van der Waals surface area (Å²) in [5.74, 6) is 0.110. The van der Waals surface area contributed by atoms with E-state index in [-0.39, 0.29) is 18.5 Å². The predicted molar refractivity (Wildman–Crippen MR) is 89.4 cm³/mol. The number of aliphatic hydroxyl groups excluding tert-OH is 1. The number of hydrogen-bond donors (Lipinski definition) is 3. The Kier molecular flexibility index (Phi) is 2.92. The predicted octanol–water partition coefficient (Wildman–Crippen LogP) is 1.77. The molecule has 0 aromatic rings. The molecule has 5 heteroatoms. The summed E-state index contributed by atoms with van der Waals surface area (Å²) in [5.41, 5.74) is -4.33. The minimum atomic E-state index is -1.18. The van der Waals surface area contributed by atoms with Gasteiger partial charge in [-0.25, -0.2) is 0 Å². The Labute approximate surface area is 148 Å². The topological polar surface area (TPSA) is 87.0 Å². The van der Waals surface area contributed by atoms with Gasteiger partial charge in [-0.3, -0.25) is 4.79 Å².